The minimum absolute atomic E-state index is 0.0157. The summed E-state index contributed by atoms with van der Waals surface area (Å²) in [7, 11) is 3.06. The fraction of sp³-hybridized carbons (Fsp3) is 0.250. The second-order valence-corrected chi connectivity index (χ2v) is 6.61. The molecule has 2 aromatic carbocycles. The Morgan fingerprint density at radius 1 is 1.19 bits per heavy atom. The monoisotopic (exact) mass is 441 g/mol. The summed E-state index contributed by atoms with van der Waals surface area (Å²) in [6, 6.07) is 9.96. The molecule has 0 fully saturated rings. The predicted molar refractivity (Wildman–Crippen MR) is 126 cm³/mol. The van der Waals surface area contributed by atoms with E-state index in [-0.39, 0.29) is 5.69 Å². The van der Waals surface area contributed by atoms with Crippen LogP contribution in [0.5, 0.6) is 11.5 Å². The Balaban J connectivity index is 0.00000176. The van der Waals surface area contributed by atoms with E-state index in [1.54, 1.807) is 49.4 Å². The zero-order chi connectivity index (χ0) is 23.7. The summed E-state index contributed by atoms with van der Waals surface area (Å²) in [4.78, 5) is 10.8. The lowest BCUT2D eigenvalue weighted by molar-refractivity contribution is -0.384. The molecular formula is C24H28FN3O4. The van der Waals surface area contributed by atoms with Crippen molar-refractivity contribution in [2.75, 3.05) is 19.5 Å². The van der Waals surface area contributed by atoms with Crippen LogP contribution in [0.3, 0.4) is 0 Å². The van der Waals surface area contributed by atoms with Crippen LogP contribution in [0.15, 0.2) is 66.2 Å². The number of ether oxygens (including phenoxy) is 2. The van der Waals surface area contributed by atoms with E-state index in [1.165, 1.54) is 32.6 Å². The van der Waals surface area contributed by atoms with Crippen molar-refractivity contribution in [3.05, 3.63) is 87.4 Å². The third-order valence-electron chi connectivity index (χ3n) is 4.58. The second kappa shape index (κ2) is 11.5. The SMILES string of the molecule is CC.COc1cc(/C=C(\F)C2=CNC(Nc3c(C)cccc3[N+](=O)[O-])C=C2)cc(OC)c1. The van der Waals surface area contributed by atoms with Gasteiger partial charge in [-0.3, -0.25) is 10.1 Å². The van der Waals surface area contributed by atoms with E-state index in [4.69, 9.17) is 9.47 Å². The lowest BCUT2D eigenvalue weighted by Crippen LogP contribution is -2.33. The Morgan fingerprint density at radius 3 is 2.38 bits per heavy atom. The number of aryl methyl sites for hydroxylation is 1. The van der Waals surface area contributed by atoms with Crippen molar-refractivity contribution in [1.29, 1.82) is 0 Å². The predicted octanol–water partition coefficient (Wildman–Crippen LogP) is 5.74. The van der Waals surface area contributed by atoms with E-state index in [9.17, 15) is 14.5 Å². The molecule has 7 nitrogen and oxygen atoms in total. The standard InChI is InChI=1S/C22H22FN3O4.C2H6/c1-14-5-4-6-20(26(27)28)22(14)25-21-8-7-16(13-24-21)19(23)11-15-9-17(29-2)12-18(10-15)30-3;1-2/h4-13,21,24-25H,1-3H3;1-2H3/b19-11-;. The molecule has 2 N–H and O–H groups in total. The molecular weight excluding hydrogens is 413 g/mol. The third kappa shape index (κ3) is 6.10. The van der Waals surface area contributed by atoms with Gasteiger partial charge in [-0.1, -0.05) is 32.1 Å². The van der Waals surface area contributed by atoms with Gasteiger partial charge in [0.25, 0.3) is 5.69 Å². The molecule has 0 radical (unpaired) electrons. The number of nitro groups is 1. The normalized spacial score (nSPS) is 15.0. The first-order valence-electron chi connectivity index (χ1n) is 10.2. The van der Waals surface area contributed by atoms with Crippen LogP contribution in [0.4, 0.5) is 15.8 Å². The molecule has 0 saturated carbocycles. The second-order valence-electron chi connectivity index (χ2n) is 6.61. The van der Waals surface area contributed by atoms with Crippen LogP contribution in [-0.4, -0.2) is 25.3 Å². The quantitative estimate of drug-likeness (QED) is 0.421. The van der Waals surface area contributed by atoms with Gasteiger partial charge in [0, 0.05) is 23.9 Å². The molecule has 1 unspecified atom stereocenters. The van der Waals surface area contributed by atoms with Crippen molar-refractivity contribution < 1.29 is 18.8 Å². The molecule has 0 spiro atoms. The van der Waals surface area contributed by atoms with Gasteiger partial charge in [0.05, 0.1) is 19.1 Å². The van der Waals surface area contributed by atoms with Crippen LogP contribution >= 0.6 is 0 Å². The first kappa shape index (κ1) is 24.5. The number of dihydropyridines is 1. The number of nitrogens with one attached hydrogen (secondary N) is 2. The van der Waals surface area contributed by atoms with Gasteiger partial charge in [0.2, 0.25) is 0 Å². The van der Waals surface area contributed by atoms with Gasteiger partial charge >= 0.3 is 0 Å². The van der Waals surface area contributed by atoms with Crippen molar-refractivity contribution in [1.82, 2.24) is 5.32 Å². The van der Waals surface area contributed by atoms with Crippen LogP contribution in [0.1, 0.15) is 25.0 Å². The van der Waals surface area contributed by atoms with E-state index in [2.05, 4.69) is 10.6 Å². The van der Waals surface area contributed by atoms with Crippen molar-refractivity contribution in [3.8, 4) is 11.5 Å². The van der Waals surface area contributed by atoms with Crippen LogP contribution in [0.2, 0.25) is 0 Å². The summed E-state index contributed by atoms with van der Waals surface area (Å²) in [6.07, 6.45) is 5.79. The minimum Gasteiger partial charge on any atom is -0.497 e. The Bertz CT molecular complexity index is 1030. The Kier molecular flexibility index (Phi) is 8.83. The number of para-hydroxylation sites is 1. The summed E-state index contributed by atoms with van der Waals surface area (Å²) in [5, 5.41) is 17.4. The number of hydrogen-bond acceptors (Lipinski definition) is 6. The summed E-state index contributed by atoms with van der Waals surface area (Å²) in [5.41, 5.74) is 2.08. The molecule has 170 valence electrons. The van der Waals surface area contributed by atoms with Crippen LogP contribution in [0, 0.1) is 17.0 Å². The molecule has 1 atom stereocenters. The number of halogens is 1. The summed E-state index contributed by atoms with van der Waals surface area (Å²) in [5.74, 6) is 0.668. The molecule has 1 aliphatic rings. The molecule has 0 aromatic heterocycles. The number of nitro benzene ring substituents is 1. The first-order valence-corrected chi connectivity index (χ1v) is 10.2. The first-order chi connectivity index (χ1) is 15.4. The molecule has 0 bridgehead atoms. The lowest BCUT2D eigenvalue weighted by Gasteiger charge is -2.21. The molecule has 0 aliphatic carbocycles. The largest absolute Gasteiger partial charge is 0.497 e. The maximum absolute atomic E-state index is 14.7. The van der Waals surface area contributed by atoms with Gasteiger partial charge in [0.1, 0.15) is 29.2 Å². The zero-order valence-electron chi connectivity index (χ0n) is 18.8. The van der Waals surface area contributed by atoms with Gasteiger partial charge in [-0.25, -0.2) is 4.39 Å². The van der Waals surface area contributed by atoms with Crippen molar-refractivity contribution in [2.24, 2.45) is 0 Å². The van der Waals surface area contributed by atoms with E-state index >= 15 is 0 Å². The highest BCUT2D eigenvalue weighted by Crippen LogP contribution is 2.29. The van der Waals surface area contributed by atoms with Crippen molar-refractivity contribution in [2.45, 2.75) is 26.9 Å². The summed E-state index contributed by atoms with van der Waals surface area (Å²) in [6.45, 7) is 5.79. The maximum Gasteiger partial charge on any atom is 0.292 e. The van der Waals surface area contributed by atoms with E-state index < -0.39 is 16.9 Å². The fourth-order valence-electron chi connectivity index (χ4n) is 3.01. The molecule has 0 amide bonds. The number of benzene rings is 2. The number of allylic oxidation sites excluding steroid dienone is 3. The Hall–Kier alpha value is -3.81. The Morgan fingerprint density at radius 2 is 1.84 bits per heavy atom. The average molecular weight is 442 g/mol. The highest BCUT2D eigenvalue weighted by molar-refractivity contribution is 5.67. The number of rotatable bonds is 7. The molecule has 1 aliphatic heterocycles. The Labute approximate surface area is 187 Å². The molecule has 3 rings (SSSR count). The topological polar surface area (TPSA) is 85.7 Å². The van der Waals surface area contributed by atoms with Gasteiger partial charge in [-0.15, -0.1) is 0 Å². The molecule has 8 heteroatoms. The van der Waals surface area contributed by atoms with E-state index in [0.717, 1.165) is 5.56 Å². The van der Waals surface area contributed by atoms with Gasteiger partial charge in [0.15, 0.2) is 0 Å². The molecule has 0 saturated heterocycles. The number of nitrogens with zero attached hydrogens (tertiary/aromatic N) is 1. The van der Waals surface area contributed by atoms with Crippen molar-refractivity contribution >= 4 is 17.5 Å². The van der Waals surface area contributed by atoms with Gasteiger partial charge in [-0.05, 0) is 42.3 Å². The number of methoxy groups -OCH3 is 2. The van der Waals surface area contributed by atoms with Gasteiger partial charge < -0.3 is 20.1 Å². The fourth-order valence-corrected chi connectivity index (χ4v) is 3.01. The minimum atomic E-state index is -0.450. The maximum atomic E-state index is 14.7. The smallest absolute Gasteiger partial charge is 0.292 e. The van der Waals surface area contributed by atoms with Crippen molar-refractivity contribution in [3.63, 3.8) is 0 Å². The van der Waals surface area contributed by atoms with Gasteiger partial charge in [-0.2, -0.15) is 0 Å². The van der Waals surface area contributed by atoms with Crippen LogP contribution in [0.25, 0.3) is 6.08 Å². The van der Waals surface area contributed by atoms with Crippen LogP contribution in [-0.2, 0) is 0 Å². The molecule has 1 heterocycles. The zero-order valence-corrected chi connectivity index (χ0v) is 18.8. The highest BCUT2D eigenvalue weighted by atomic mass is 19.1. The average Bonchev–Trinajstić information content (AvgIpc) is 2.81. The summed E-state index contributed by atoms with van der Waals surface area (Å²) >= 11 is 0. The third-order valence-corrected chi connectivity index (χ3v) is 4.58. The van der Waals surface area contributed by atoms with E-state index in [1.807, 2.05) is 13.8 Å². The highest BCUT2D eigenvalue weighted by Gasteiger charge is 2.19. The number of hydrogen-bond donors (Lipinski definition) is 2. The molecule has 2 aromatic rings. The molecule has 32 heavy (non-hydrogen) atoms. The van der Waals surface area contributed by atoms with E-state index in [0.29, 0.717) is 28.3 Å². The summed E-state index contributed by atoms with van der Waals surface area (Å²) < 4.78 is 25.1. The number of anilines is 1. The van der Waals surface area contributed by atoms with Crippen LogP contribution < -0.4 is 20.1 Å². The lowest BCUT2D eigenvalue weighted by atomic mass is 10.1.